The number of benzene rings is 2. The molecule has 2 heterocycles. The summed E-state index contributed by atoms with van der Waals surface area (Å²) in [7, 11) is 0. The van der Waals surface area contributed by atoms with E-state index >= 15 is 0 Å². The monoisotopic (exact) mass is 468 g/mol. The summed E-state index contributed by atoms with van der Waals surface area (Å²) in [6, 6.07) is 16.8. The third-order valence-corrected chi connectivity index (χ3v) is 6.57. The Bertz CT molecular complexity index is 779. The van der Waals surface area contributed by atoms with Gasteiger partial charge >= 0.3 is 0 Å². The molecule has 2 fully saturated rings. The molecule has 29 heavy (non-hydrogen) atoms. The van der Waals surface area contributed by atoms with Gasteiger partial charge in [0.25, 0.3) is 5.91 Å². The summed E-state index contributed by atoms with van der Waals surface area (Å²) in [5.41, 5.74) is 4.91. The maximum Gasteiger partial charge on any atom is 0.285 e. The molecular weight excluding hydrogens is 433 g/mol. The molecule has 1 unspecified atom stereocenters. The van der Waals surface area contributed by atoms with Gasteiger partial charge in [-0.25, -0.2) is 0 Å². The molecule has 0 aliphatic carbocycles. The van der Waals surface area contributed by atoms with Crippen LogP contribution in [-0.4, -0.2) is 42.6 Å². The van der Waals surface area contributed by atoms with E-state index in [9.17, 15) is 4.79 Å². The zero-order valence-corrected chi connectivity index (χ0v) is 21.4. The fraction of sp³-hybridized carbons (Fsp3) is 0.480. The average Bonchev–Trinajstić information content (AvgIpc) is 3.31. The molecule has 0 N–H and O–H groups in total. The van der Waals surface area contributed by atoms with Gasteiger partial charge in [0.1, 0.15) is 0 Å². The molecule has 1 radical (unpaired) electrons. The third-order valence-electron chi connectivity index (χ3n) is 6.57. The number of para-hydroxylation sites is 1. The molecule has 2 aliphatic heterocycles. The van der Waals surface area contributed by atoms with Gasteiger partial charge in [-0.1, -0.05) is 54.1 Å². The number of nitrogens with zero attached hydrogens (tertiary/aromatic N) is 2. The van der Waals surface area contributed by atoms with Gasteiger partial charge in [0.05, 0.1) is 19.6 Å². The van der Waals surface area contributed by atoms with Crippen LogP contribution in [-0.2, 0) is 37.5 Å². The molecule has 0 bridgehead atoms. The summed E-state index contributed by atoms with van der Waals surface area (Å²) in [5, 5.41) is 0. The molecule has 2 aliphatic rings. The number of hydrogen-bond acceptors (Lipinski definition) is 1. The van der Waals surface area contributed by atoms with Gasteiger partial charge in [0.2, 0.25) is 0 Å². The summed E-state index contributed by atoms with van der Waals surface area (Å²) < 4.78 is 1.03. The molecule has 2 aromatic rings. The normalized spacial score (nSPS) is 20.1. The maximum atomic E-state index is 13.1. The van der Waals surface area contributed by atoms with E-state index in [2.05, 4.69) is 62.9 Å². The number of aryl methyl sites for hydroxylation is 3. The van der Waals surface area contributed by atoms with E-state index in [1.165, 1.54) is 42.6 Å². The van der Waals surface area contributed by atoms with E-state index < -0.39 is 0 Å². The molecule has 2 aromatic carbocycles. The quantitative estimate of drug-likeness (QED) is 0.579. The van der Waals surface area contributed by atoms with Gasteiger partial charge in [-0.3, -0.25) is 4.79 Å². The molecule has 153 valence electrons. The Labute approximate surface area is 202 Å². The number of likely N-dealkylation sites (tertiary alicyclic amines) is 1. The number of quaternary nitrogens is 1. The Kier molecular flexibility index (Phi) is 9.06. The standard InChI is InChI=1S/C18H27N2O.C7H8.Y/c1-4-20(12-5-6-13-20)16-10-11-19(18(16)21)17-14(2)8-7-9-15(17)3;1-7-5-3-2-4-6-7;/h7-9,16H,4-6,10-13H2,1-3H3;2-6H,1H3;/q+1;;. The predicted octanol–water partition coefficient (Wildman–Crippen LogP) is 5.03. The van der Waals surface area contributed by atoms with Crippen molar-refractivity contribution in [2.75, 3.05) is 31.1 Å². The molecule has 4 heteroatoms. The molecule has 1 atom stereocenters. The van der Waals surface area contributed by atoms with Crippen molar-refractivity contribution in [3.8, 4) is 0 Å². The zero-order valence-electron chi connectivity index (χ0n) is 18.5. The fourth-order valence-corrected chi connectivity index (χ4v) is 4.97. The number of rotatable bonds is 3. The van der Waals surface area contributed by atoms with E-state index in [0.29, 0.717) is 5.91 Å². The van der Waals surface area contributed by atoms with Crippen molar-refractivity contribution >= 4 is 11.6 Å². The minimum atomic E-state index is 0. The Balaban J connectivity index is 0.000000319. The van der Waals surface area contributed by atoms with Gasteiger partial charge in [0.15, 0.2) is 6.04 Å². The molecule has 0 aromatic heterocycles. The van der Waals surface area contributed by atoms with Gasteiger partial charge in [-0.05, 0) is 38.8 Å². The first-order valence-electron chi connectivity index (χ1n) is 10.7. The van der Waals surface area contributed by atoms with E-state index in [-0.39, 0.29) is 38.8 Å². The number of likely N-dealkylation sites (N-methyl/N-ethyl adjacent to an activating group) is 1. The zero-order chi connectivity index (χ0) is 20.1. The number of anilines is 1. The van der Waals surface area contributed by atoms with Crippen LogP contribution in [0.25, 0.3) is 0 Å². The summed E-state index contributed by atoms with van der Waals surface area (Å²) in [6.45, 7) is 12.9. The maximum absolute atomic E-state index is 13.1. The molecular formula is C25H35N2OY+. The Morgan fingerprint density at radius 2 is 1.52 bits per heavy atom. The van der Waals surface area contributed by atoms with Crippen LogP contribution in [0.1, 0.15) is 42.9 Å². The predicted molar refractivity (Wildman–Crippen MR) is 118 cm³/mol. The number of amides is 1. The van der Waals surface area contributed by atoms with Gasteiger partial charge in [0, 0.05) is 64.2 Å². The number of carbonyl (C=O) groups is 1. The molecule has 2 saturated heterocycles. The smallest absolute Gasteiger partial charge is 0.285 e. The van der Waals surface area contributed by atoms with Crippen LogP contribution in [0.5, 0.6) is 0 Å². The summed E-state index contributed by atoms with van der Waals surface area (Å²) in [5.74, 6) is 0.358. The second-order valence-corrected chi connectivity index (χ2v) is 8.38. The minimum Gasteiger partial charge on any atom is -0.314 e. The van der Waals surface area contributed by atoms with E-state index in [0.717, 1.165) is 29.7 Å². The molecule has 3 nitrogen and oxygen atoms in total. The summed E-state index contributed by atoms with van der Waals surface area (Å²) in [6.07, 6.45) is 3.57. The fourth-order valence-electron chi connectivity index (χ4n) is 4.97. The van der Waals surface area contributed by atoms with Crippen molar-refractivity contribution in [1.82, 2.24) is 0 Å². The van der Waals surface area contributed by atoms with Crippen LogP contribution in [0.3, 0.4) is 0 Å². The first-order chi connectivity index (χ1) is 13.5. The minimum absolute atomic E-state index is 0. The molecule has 1 amide bonds. The summed E-state index contributed by atoms with van der Waals surface area (Å²) in [4.78, 5) is 15.1. The second-order valence-electron chi connectivity index (χ2n) is 8.38. The van der Waals surface area contributed by atoms with E-state index in [1.54, 1.807) is 0 Å². The second kappa shape index (κ2) is 10.8. The number of carbonyl (C=O) groups excluding carboxylic acids is 1. The number of hydrogen-bond donors (Lipinski definition) is 0. The topological polar surface area (TPSA) is 20.3 Å². The Hall–Kier alpha value is -1.03. The SMILES string of the molecule is CC[N+]1(C2CCN(c3c(C)cccc3C)C2=O)CCCC1.Cc1ccccc1.[Y]. The van der Waals surface area contributed by atoms with Crippen molar-refractivity contribution in [2.45, 2.75) is 53.0 Å². The molecule has 0 saturated carbocycles. The van der Waals surface area contributed by atoms with E-state index in [1.807, 2.05) is 18.2 Å². The molecule has 4 rings (SSSR count). The van der Waals surface area contributed by atoms with Gasteiger partial charge in [-0.15, -0.1) is 0 Å². The van der Waals surface area contributed by atoms with Gasteiger partial charge < -0.3 is 9.38 Å². The van der Waals surface area contributed by atoms with Crippen molar-refractivity contribution in [2.24, 2.45) is 0 Å². The van der Waals surface area contributed by atoms with Crippen LogP contribution >= 0.6 is 0 Å². The van der Waals surface area contributed by atoms with Crippen LogP contribution in [0.2, 0.25) is 0 Å². The van der Waals surface area contributed by atoms with Crippen molar-refractivity contribution in [1.29, 1.82) is 0 Å². The van der Waals surface area contributed by atoms with Crippen molar-refractivity contribution in [3.63, 3.8) is 0 Å². The summed E-state index contributed by atoms with van der Waals surface area (Å²) >= 11 is 0. The van der Waals surface area contributed by atoms with Crippen LogP contribution in [0.15, 0.2) is 48.5 Å². The van der Waals surface area contributed by atoms with Crippen LogP contribution < -0.4 is 4.90 Å². The van der Waals surface area contributed by atoms with Crippen molar-refractivity contribution in [3.05, 3.63) is 65.2 Å². The average molecular weight is 468 g/mol. The van der Waals surface area contributed by atoms with Crippen LogP contribution in [0.4, 0.5) is 5.69 Å². The third kappa shape index (κ3) is 5.37. The van der Waals surface area contributed by atoms with Gasteiger partial charge in [-0.2, -0.15) is 0 Å². The van der Waals surface area contributed by atoms with E-state index in [4.69, 9.17) is 0 Å². The van der Waals surface area contributed by atoms with Crippen molar-refractivity contribution < 1.29 is 42.0 Å². The largest absolute Gasteiger partial charge is 0.314 e. The Morgan fingerprint density at radius 1 is 0.931 bits per heavy atom. The Morgan fingerprint density at radius 3 is 2.00 bits per heavy atom. The van der Waals surface area contributed by atoms with Crippen LogP contribution in [0, 0.1) is 20.8 Å². The molecule has 0 spiro atoms. The first kappa shape index (κ1) is 24.2. The first-order valence-corrected chi connectivity index (χ1v) is 10.7.